The molecule has 0 aromatic carbocycles. The first-order chi connectivity index (χ1) is 9.13. The predicted molar refractivity (Wildman–Crippen MR) is 76.9 cm³/mol. The van der Waals surface area contributed by atoms with E-state index in [-0.39, 0.29) is 0 Å². The molecule has 1 aromatic heterocycles. The molecule has 0 aliphatic heterocycles. The van der Waals surface area contributed by atoms with Gasteiger partial charge in [0.15, 0.2) is 0 Å². The van der Waals surface area contributed by atoms with Crippen LogP contribution in [0.25, 0.3) is 0 Å². The molecule has 1 heterocycles. The first kappa shape index (κ1) is 14.6. The maximum atomic E-state index is 5.96. The lowest BCUT2D eigenvalue weighted by Gasteiger charge is -2.26. The summed E-state index contributed by atoms with van der Waals surface area (Å²) < 4.78 is 11.5. The van der Waals surface area contributed by atoms with E-state index in [4.69, 9.17) is 9.15 Å². The maximum absolute atomic E-state index is 5.96. The van der Waals surface area contributed by atoms with Gasteiger partial charge in [-0.25, -0.2) is 0 Å². The summed E-state index contributed by atoms with van der Waals surface area (Å²) in [7, 11) is 0. The minimum absolute atomic E-state index is 0.422. The normalized spacial score (nSPS) is 24.0. The molecule has 1 saturated carbocycles. The van der Waals surface area contributed by atoms with Crippen molar-refractivity contribution in [2.24, 2.45) is 5.92 Å². The van der Waals surface area contributed by atoms with Crippen LogP contribution in [0.4, 0.5) is 0 Å². The second-order valence-corrected chi connectivity index (χ2v) is 6.16. The monoisotopic (exact) mass is 265 g/mol. The molecule has 108 valence electrons. The van der Waals surface area contributed by atoms with Gasteiger partial charge in [-0.1, -0.05) is 33.6 Å². The van der Waals surface area contributed by atoms with E-state index < -0.39 is 0 Å². The largest absolute Gasteiger partial charge is 0.467 e. The predicted octanol–water partition coefficient (Wildman–Crippen LogP) is 3.87. The smallest absolute Gasteiger partial charge is 0.129 e. The Labute approximate surface area is 116 Å². The number of furan rings is 1. The molecule has 2 rings (SSSR count). The van der Waals surface area contributed by atoms with Crippen LogP contribution in [0.2, 0.25) is 0 Å². The zero-order chi connectivity index (χ0) is 13.7. The molecular weight excluding hydrogens is 238 g/mol. The molecule has 1 N–H and O–H groups in total. The van der Waals surface area contributed by atoms with Crippen LogP contribution in [0.3, 0.4) is 0 Å². The van der Waals surface area contributed by atoms with Crippen molar-refractivity contribution >= 4 is 0 Å². The van der Waals surface area contributed by atoms with Crippen LogP contribution >= 0.6 is 0 Å². The highest BCUT2D eigenvalue weighted by atomic mass is 16.5. The fourth-order valence-corrected chi connectivity index (χ4v) is 2.65. The van der Waals surface area contributed by atoms with Gasteiger partial charge in [-0.05, 0) is 24.8 Å². The van der Waals surface area contributed by atoms with Gasteiger partial charge in [0, 0.05) is 18.2 Å². The van der Waals surface area contributed by atoms with Gasteiger partial charge in [0.2, 0.25) is 0 Å². The molecule has 1 aliphatic carbocycles. The van der Waals surface area contributed by atoms with Gasteiger partial charge in [-0.15, -0.1) is 0 Å². The van der Waals surface area contributed by atoms with Crippen molar-refractivity contribution < 1.29 is 9.15 Å². The van der Waals surface area contributed by atoms with E-state index in [1.807, 2.05) is 6.26 Å². The standard InChI is InChI=1S/C16H27NO2/c1-12(2)17-9-14-8-16(18-10-14)11-19-15-6-4-5-13(3)7-15/h8,10,12-13,15,17H,4-7,9,11H2,1-3H3. The Morgan fingerprint density at radius 2 is 2.26 bits per heavy atom. The molecule has 0 spiro atoms. The summed E-state index contributed by atoms with van der Waals surface area (Å²) in [6, 6.07) is 2.60. The molecule has 19 heavy (non-hydrogen) atoms. The fraction of sp³-hybridized carbons (Fsp3) is 0.750. The average Bonchev–Trinajstić information content (AvgIpc) is 2.82. The van der Waals surface area contributed by atoms with Crippen LogP contribution in [-0.4, -0.2) is 12.1 Å². The highest BCUT2D eigenvalue weighted by Crippen LogP contribution is 2.26. The number of hydrogen-bond donors (Lipinski definition) is 1. The maximum Gasteiger partial charge on any atom is 0.129 e. The van der Waals surface area contributed by atoms with E-state index in [1.54, 1.807) is 0 Å². The molecule has 0 bridgehead atoms. The zero-order valence-corrected chi connectivity index (χ0v) is 12.4. The van der Waals surface area contributed by atoms with Crippen molar-refractivity contribution in [1.82, 2.24) is 5.32 Å². The lowest BCUT2D eigenvalue weighted by molar-refractivity contribution is -0.00264. The van der Waals surface area contributed by atoms with E-state index in [9.17, 15) is 0 Å². The first-order valence-corrected chi connectivity index (χ1v) is 7.54. The average molecular weight is 265 g/mol. The number of nitrogens with one attached hydrogen (secondary N) is 1. The Kier molecular flexibility index (Phi) is 5.46. The van der Waals surface area contributed by atoms with E-state index in [0.29, 0.717) is 18.8 Å². The molecule has 3 nitrogen and oxygen atoms in total. The van der Waals surface area contributed by atoms with Crippen molar-refractivity contribution in [3.8, 4) is 0 Å². The van der Waals surface area contributed by atoms with Crippen molar-refractivity contribution in [3.05, 3.63) is 23.7 Å². The van der Waals surface area contributed by atoms with Crippen molar-refractivity contribution in [2.45, 2.75) is 71.8 Å². The summed E-state index contributed by atoms with van der Waals surface area (Å²) in [6.07, 6.45) is 7.30. The van der Waals surface area contributed by atoms with Crippen LogP contribution in [0.5, 0.6) is 0 Å². The molecular formula is C16H27NO2. The molecule has 2 atom stereocenters. The topological polar surface area (TPSA) is 34.4 Å². The molecule has 1 aromatic rings. The Morgan fingerprint density at radius 3 is 3.00 bits per heavy atom. The molecule has 1 fully saturated rings. The Bertz CT molecular complexity index is 373. The highest BCUT2D eigenvalue weighted by Gasteiger charge is 2.19. The molecule has 0 radical (unpaired) electrons. The zero-order valence-electron chi connectivity index (χ0n) is 12.4. The molecule has 0 saturated heterocycles. The number of ether oxygens (including phenoxy) is 1. The van der Waals surface area contributed by atoms with Gasteiger partial charge in [0.25, 0.3) is 0 Å². The van der Waals surface area contributed by atoms with E-state index in [1.165, 1.54) is 31.2 Å². The second-order valence-electron chi connectivity index (χ2n) is 6.16. The minimum atomic E-state index is 0.422. The lowest BCUT2D eigenvalue weighted by Crippen LogP contribution is -2.21. The first-order valence-electron chi connectivity index (χ1n) is 7.54. The summed E-state index contributed by atoms with van der Waals surface area (Å²) in [5.74, 6) is 1.75. The lowest BCUT2D eigenvalue weighted by atomic mass is 9.89. The molecule has 2 unspecified atom stereocenters. The third-order valence-corrected chi connectivity index (χ3v) is 3.77. The van der Waals surface area contributed by atoms with Gasteiger partial charge >= 0.3 is 0 Å². The van der Waals surface area contributed by atoms with Crippen LogP contribution in [0.1, 0.15) is 57.8 Å². The summed E-state index contributed by atoms with van der Waals surface area (Å²) in [5, 5.41) is 3.39. The van der Waals surface area contributed by atoms with Gasteiger partial charge < -0.3 is 14.5 Å². The third-order valence-electron chi connectivity index (χ3n) is 3.77. The Balaban J connectivity index is 1.73. The summed E-state index contributed by atoms with van der Waals surface area (Å²) in [6.45, 7) is 8.08. The summed E-state index contributed by atoms with van der Waals surface area (Å²) >= 11 is 0. The third kappa shape index (κ3) is 5.00. The summed E-state index contributed by atoms with van der Waals surface area (Å²) in [5.41, 5.74) is 1.20. The Hall–Kier alpha value is -0.800. The van der Waals surface area contributed by atoms with Crippen LogP contribution in [0, 0.1) is 5.92 Å². The van der Waals surface area contributed by atoms with Gasteiger partial charge in [0.1, 0.15) is 12.4 Å². The van der Waals surface area contributed by atoms with Crippen molar-refractivity contribution in [3.63, 3.8) is 0 Å². The second kappa shape index (κ2) is 7.11. The van der Waals surface area contributed by atoms with E-state index in [2.05, 4.69) is 32.2 Å². The Morgan fingerprint density at radius 1 is 1.42 bits per heavy atom. The SMILES string of the molecule is CC1CCCC(OCc2cc(CNC(C)C)co2)C1. The highest BCUT2D eigenvalue weighted by molar-refractivity contribution is 5.12. The molecule has 1 aliphatic rings. The van der Waals surface area contributed by atoms with Crippen LogP contribution < -0.4 is 5.32 Å². The van der Waals surface area contributed by atoms with E-state index in [0.717, 1.165) is 18.2 Å². The van der Waals surface area contributed by atoms with E-state index >= 15 is 0 Å². The van der Waals surface area contributed by atoms with Gasteiger partial charge in [-0.2, -0.15) is 0 Å². The summed E-state index contributed by atoms with van der Waals surface area (Å²) in [4.78, 5) is 0. The number of hydrogen-bond acceptors (Lipinski definition) is 3. The van der Waals surface area contributed by atoms with Crippen molar-refractivity contribution in [1.29, 1.82) is 0 Å². The molecule has 0 amide bonds. The van der Waals surface area contributed by atoms with Crippen LogP contribution in [-0.2, 0) is 17.9 Å². The minimum Gasteiger partial charge on any atom is -0.467 e. The van der Waals surface area contributed by atoms with Crippen LogP contribution in [0.15, 0.2) is 16.7 Å². The fourth-order valence-electron chi connectivity index (χ4n) is 2.65. The number of rotatable bonds is 6. The van der Waals surface area contributed by atoms with Crippen molar-refractivity contribution in [2.75, 3.05) is 0 Å². The molecule has 3 heteroatoms. The van der Waals surface area contributed by atoms with Gasteiger partial charge in [-0.3, -0.25) is 0 Å². The van der Waals surface area contributed by atoms with Gasteiger partial charge in [0.05, 0.1) is 12.4 Å². The quantitative estimate of drug-likeness (QED) is 0.847.